The van der Waals surface area contributed by atoms with Crippen molar-refractivity contribution in [3.8, 4) is 0 Å². The van der Waals surface area contributed by atoms with Gasteiger partial charge in [0.05, 0.1) is 20.2 Å². The van der Waals surface area contributed by atoms with Crippen molar-refractivity contribution >= 4 is 0 Å². The first-order valence-corrected chi connectivity index (χ1v) is 11.7. The van der Waals surface area contributed by atoms with E-state index in [2.05, 4.69) is 44.3 Å². The summed E-state index contributed by atoms with van der Waals surface area (Å²) in [5.74, 6) is 0. The summed E-state index contributed by atoms with van der Waals surface area (Å²) in [6, 6.07) is 10.7. The molecule has 1 unspecified atom stereocenters. The Bertz CT molecular complexity index is 439. The molecule has 0 saturated heterocycles. The number of nitrogens with zero attached hydrogens (tertiary/aromatic N) is 1. The van der Waals surface area contributed by atoms with Gasteiger partial charge in [-0.25, -0.2) is 0 Å². The highest BCUT2D eigenvalue weighted by atomic mass is 35.5. The van der Waals surface area contributed by atoms with E-state index in [9.17, 15) is 5.11 Å². The molecule has 3 heteroatoms. The van der Waals surface area contributed by atoms with Crippen LogP contribution in [-0.4, -0.2) is 36.3 Å². The van der Waals surface area contributed by atoms with Crippen LogP contribution in [0.4, 0.5) is 0 Å². The average molecular weight is 412 g/mol. The summed E-state index contributed by atoms with van der Waals surface area (Å²) in [5, 5.41) is 9.47. The van der Waals surface area contributed by atoms with Gasteiger partial charge in [0.15, 0.2) is 0 Å². The maximum atomic E-state index is 9.47. The second-order valence-corrected chi connectivity index (χ2v) is 8.68. The van der Waals surface area contributed by atoms with Gasteiger partial charge in [-0.1, -0.05) is 108 Å². The number of hydrogen-bond acceptors (Lipinski definition) is 1. The SMILES string of the molecule is CCCCCCCCCCCCCCC[N+](C)(CCO)Cc1ccccc1.[Cl-]. The van der Waals surface area contributed by atoms with Crippen LogP contribution in [0.1, 0.15) is 96.0 Å². The third kappa shape index (κ3) is 14.4. The van der Waals surface area contributed by atoms with Crippen LogP contribution < -0.4 is 12.4 Å². The molecule has 164 valence electrons. The third-order valence-electron chi connectivity index (χ3n) is 5.85. The maximum Gasteiger partial charge on any atom is 0.104 e. The zero-order valence-corrected chi connectivity index (χ0v) is 19.4. The van der Waals surface area contributed by atoms with Gasteiger partial charge in [-0.05, 0) is 12.8 Å². The van der Waals surface area contributed by atoms with Crippen LogP contribution in [0, 0.1) is 0 Å². The average Bonchev–Trinajstić information content (AvgIpc) is 2.66. The van der Waals surface area contributed by atoms with Crippen molar-refractivity contribution in [2.75, 3.05) is 26.7 Å². The van der Waals surface area contributed by atoms with Crippen LogP contribution >= 0.6 is 0 Å². The van der Waals surface area contributed by atoms with Gasteiger partial charge < -0.3 is 22.0 Å². The summed E-state index contributed by atoms with van der Waals surface area (Å²) in [7, 11) is 2.30. The maximum absolute atomic E-state index is 9.47. The lowest BCUT2D eigenvalue weighted by atomic mass is 10.0. The van der Waals surface area contributed by atoms with Crippen molar-refractivity contribution in [1.29, 1.82) is 0 Å². The van der Waals surface area contributed by atoms with Gasteiger partial charge in [0.1, 0.15) is 13.1 Å². The molecule has 2 nitrogen and oxygen atoms in total. The number of quaternary nitrogens is 1. The van der Waals surface area contributed by atoms with E-state index in [4.69, 9.17) is 0 Å². The van der Waals surface area contributed by atoms with E-state index < -0.39 is 0 Å². The highest BCUT2D eigenvalue weighted by Gasteiger charge is 2.20. The molecule has 28 heavy (non-hydrogen) atoms. The number of rotatable bonds is 18. The molecule has 1 N–H and O–H groups in total. The van der Waals surface area contributed by atoms with Gasteiger partial charge in [-0.2, -0.15) is 0 Å². The highest BCUT2D eigenvalue weighted by Crippen LogP contribution is 2.16. The molecule has 0 fully saturated rings. The molecular formula is C25H46ClNO. The number of likely N-dealkylation sites (N-methyl/N-ethyl adjacent to an activating group) is 1. The first-order valence-electron chi connectivity index (χ1n) is 11.7. The molecule has 0 aliphatic carbocycles. The minimum Gasteiger partial charge on any atom is -1.00 e. The molecule has 0 radical (unpaired) electrons. The fourth-order valence-corrected chi connectivity index (χ4v) is 4.05. The summed E-state index contributed by atoms with van der Waals surface area (Å²) < 4.78 is 0.957. The van der Waals surface area contributed by atoms with E-state index in [0.717, 1.165) is 17.6 Å². The zero-order chi connectivity index (χ0) is 19.6. The number of aliphatic hydroxyl groups excluding tert-OH is 1. The minimum absolute atomic E-state index is 0. The number of benzene rings is 1. The molecule has 1 rings (SSSR count). The smallest absolute Gasteiger partial charge is 0.104 e. The lowest BCUT2D eigenvalue weighted by Gasteiger charge is -2.34. The Balaban J connectivity index is 0.00000729. The van der Waals surface area contributed by atoms with Crippen LogP contribution in [0.25, 0.3) is 0 Å². The van der Waals surface area contributed by atoms with E-state index in [-0.39, 0.29) is 19.0 Å². The standard InChI is InChI=1S/C25H46NO.ClH/c1-3-4-5-6-7-8-9-10-11-12-13-14-18-21-26(2,22-23-27)24-25-19-16-15-17-20-25;/h15-17,19-20,27H,3-14,18,21-24H2,1-2H3;1H/q+1;/p-1. The monoisotopic (exact) mass is 411 g/mol. The Hall–Kier alpha value is -0.570. The van der Waals surface area contributed by atoms with E-state index in [1.54, 1.807) is 0 Å². The Morgan fingerprint density at radius 3 is 1.61 bits per heavy atom. The van der Waals surface area contributed by atoms with Crippen LogP contribution in [0.2, 0.25) is 0 Å². The Kier molecular flexibility index (Phi) is 18.1. The molecule has 0 amide bonds. The van der Waals surface area contributed by atoms with Gasteiger partial charge >= 0.3 is 0 Å². The zero-order valence-electron chi connectivity index (χ0n) is 18.7. The Morgan fingerprint density at radius 1 is 0.679 bits per heavy atom. The predicted octanol–water partition coefficient (Wildman–Crippen LogP) is 3.72. The fraction of sp³-hybridized carbons (Fsp3) is 0.760. The van der Waals surface area contributed by atoms with E-state index >= 15 is 0 Å². The van der Waals surface area contributed by atoms with Crippen molar-refractivity contribution in [3.63, 3.8) is 0 Å². The summed E-state index contributed by atoms with van der Waals surface area (Å²) in [6.45, 7) is 5.62. The molecule has 1 atom stereocenters. The molecule has 0 heterocycles. The van der Waals surface area contributed by atoms with Crippen LogP contribution in [0.3, 0.4) is 0 Å². The lowest BCUT2D eigenvalue weighted by Crippen LogP contribution is -3.00. The Labute approximate surface area is 181 Å². The molecule has 1 aromatic carbocycles. The first kappa shape index (κ1) is 27.4. The van der Waals surface area contributed by atoms with Crippen LogP contribution in [-0.2, 0) is 6.54 Å². The molecule has 0 bridgehead atoms. The molecule has 0 aromatic heterocycles. The summed E-state index contributed by atoms with van der Waals surface area (Å²) >= 11 is 0. The molecule has 0 aliphatic rings. The molecule has 0 spiro atoms. The first-order chi connectivity index (χ1) is 13.2. The van der Waals surface area contributed by atoms with Crippen molar-refractivity contribution < 1.29 is 22.0 Å². The second-order valence-electron chi connectivity index (χ2n) is 8.68. The van der Waals surface area contributed by atoms with Gasteiger partial charge in [0, 0.05) is 5.56 Å². The van der Waals surface area contributed by atoms with Gasteiger partial charge in [0.25, 0.3) is 0 Å². The van der Waals surface area contributed by atoms with E-state index in [1.807, 2.05) is 0 Å². The van der Waals surface area contributed by atoms with Crippen LogP contribution in [0.15, 0.2) is 30.3 Å². The van der Waals surface area contributed by atoms with E-state index in [1.165, 1.54) is 95.6 Å². The van der Waals surface area contributed by atoms with Crippen molar-refractivity contribution in [2.24, 2.45) is 0 Å². The van der Waals surface area contributed by atoms with Gasteiger partial charge in [0.2, 0.25) is 0 Å². The predicted molar refractivity (Wildman–Crippen MR) is 119 cm³/mol. The molecule has 0 aliphatic heterocycles. The van der Waals surface area contributed by atoms with Crippen LogP contribution in [0.5, 0.6) is 0 Å². The molecule has 0 saturated carbocycles. The summed E-state index contributed by atoms with van der Waals surface area (Å²) in [6.07, 6.45) is 18.2. The third-order valence-corrected chi connectivity index (χ3v) is 5.85. The van der Waals surface area contributed by atoms with Gasteiger partial charge in [-0.3, -0.25) is 0 Å². The fourth-order valence-electron chi connectivity index (χ4n) is 4.05. The second kappa shape index (κ2) is 18.5. The topological polar surface area (TPSA) is 20.2 Å². The normalized spacial score (nSPS) is 13.1. The highest BCUT2D eigenvalue weighted by molar-refractivity contribution is 5.13. The van der Waals surface area contributed by atoms with Gasteiger partial charge in [-0.15, -0.1) is 0 Å². The number of aliphatic hydroxyl groups is 1. The molecular weight excluding hydrogens is 366 g/mol. The lowest BCUT2D eigenvalue weighted by molar-refractivity contribution is -0.923. The molecule has 1 aromatic rings. The summed E-state index contributed by atoms with van der Waals surface area (Å²) in [5.41, 5.74) is 1.38. The Morgan fingerprint density at radius 2 is 1.14 bits per heavy atom. The number of halogens is 1. The largest absolute Gasteiger partial charge is 1.00 e. The van der Waals surface area contributed by atoms with E-state index in [0.29, 0.717) is 0 Å². The minimum atomic E-state index is 0. The summed E-state index contributed by atoms with van der Waals surface area (Å²) in [4.78, 5) is 0. The number of hydrogen-bond donors (Lipinski definition) is 1. The van der Waals surface area contributed by atoms with Crippen molar-refractivity contribution in [1.82, 2.24) is 0 Å². The quantitative estimate of drug-likeness (QED) is 0.288. The van der Waals surface area contributed by atoms with Crippen molar-refractivity contribution in [3.05, 3.63) is 35.9 Å². The van der Waals surface area contributed by atoms with Crippen molar-refractivity contribution in [2.45, 2.75) is 96.9 Å². The number of unbranched alkanes of at least 4 members (excludes halogenated alkanes) is 12.